The lowest BCUT2D eigenvalue weighted by Gasteiger charge is -2.24. The molecule has 5 heteroatoms. The van der Waals surface area contributed by atoms with E-state index >= 15 is 0 Å². The summed E-state index contributed by atoms with van der Waals surface area (Å²) < 4.78 is 5.17. The zero-order valence-electron chi connectivity index (χ0n) is 12.6. The molecule has 1 amide bonds. The first-order chi connectivity index (χ1) is 10.7. The highest BCUT2D eigenvalue weighted by Crippen LogP contribution is 2.43. The van der Waals surface area contributed by atoms with Crippen LogP contribution in [0.2, 0.25) is 0 Å². The van der Waals surface area contributed by atoms with E-state index < -0.39 is 0 Å². The number of amides is 1. The summed E-state index contributed by atoms with van der Waals surface area (Å²) >= 11 is 1.67. The molecule has 1 saturated heterocycles. The number of ether oxygens (including phenoxy) is 1. The van der Waals surface area contributed by atoms with Gasteiger partial charge in [-0.1, -0.05) is 18.2 Å². The Balaban J connectivity index is 1.83. The summed E-state index contributed by atoms with van der Waals surface area (Å²) in [4.78, 5) is 18.6. The lowest BCUT2D eigenvalue weighted by molar-refractivity contribution is -0.130. The molecular formula is C17H18N2O2S. The van der Waals surface area contributed by atoms with Gasteiger partial charge < -0.3 is 9.64 Å². The van der Waals surface area contributed by atoms with Crippen LogP contribution in [0.15, 0.2) is 48.8 Å². The molecule has 0 N–H and O–H groups in total. The lowest BCUT2D eigenvalue weighted by Crippen LogP contribution is -2.29. The maximum Gasteiger partial charge on any atom is 0.236 e. The second-order valence-electron chi connectivity index (χ2n) is 5.23. The fourth-order valence-corrected chi connectivity index (χ4v) is 3.80. The lowest BCUT2D eigenvalue weighted by atomic mass is 10.1. The van der Waals surface area contributed by atoms with Crippen molar-refractivity contribution in [2.45, 2.75) is 24.1 Å². The number of rotatable bonds is 4. The quantitative estimate of drug-likeness (QED) is 0.869. The molecule has 3 rings (SSSR count). The van der Waals surface area contributed by atoms with E-state index in [1.807, 2.05) is 54.4 Å². The predicted octanol–water partition coefficient (Wildman–Crippen LogP) is 3.25. The molecule has 0 radical (unpaired) electrons. The number of hydrogen-bond donors (Lipinski definition) is 0. The van der Waals surface area contributed by atoms with Gasteiger partial charge in [0.25, 0.3) is 0 Å². The minimum absolute atomic E-state index is 0.0246. The predicted molar refractivity (Wildman–Crippen MR) is 87.6 cm³/mol. The Morgan fingerprint density at radius 2 is 2.05 bits per heavy atom. The largest absolute Gasteiger partial charge is 0.497 e. The fourth-order valence-electron chi connectivity index (χ4n) is 2.54. The van der Waals surface area contributed by atoms with E-state index in [0.29, 0.717) is 6.54 Å². The molecule has 2 heterocycles. The first kappa shape index (κ1) is 14.9. The summed E-state index contributed by atoms with van der Waals surface area (Å²) in [5.41, 5.74) is 2.16. The number of carbonyl (C=O) groups excluding carboxylic acids is 1. The highest BCUT2D eigenvalue weighted by Gasteiger charge is 2.38. The first-order valence-electron chi connectivity index (χ1n) is 7.18. The Labute approximate surface area is 134 Å². The third-order valence-electron chi connectivity index (χ3n) is 3.73. The number of hydrogen-bond acceptors (Lipinski definition) is 4. The molecule has 1 aromatic heterocycles. The SMILES string of the molecule is COc1ccc(CN2C(=O)[C@H](C)S[C@H]2c2cccnc2)cc1. The second-order valence-corrected chi connectivity index (χ2v) is 6.66. The Morgan fingerprint density at radius 3 is 2.68 bits per heavy atom. The van der Waals surface area contributed by atoms with Gasteiger partial charge in [-0.15, -0.1) is 11.8 Å². The number of thioether (sulfide) groups is 1. The molecule has 1 aromatic carbocycles. The molecule has 0 spiro atoms. The zero-order valence-corrected chi connectivity index (χ0v) is 13.4. The van der Waals surface area contributed by atoms with Crippen LogP contribution < -0.4 is 4.74 Å². The Hall–Kier alpha value is -2.01. The van der Waals surface area contributed by atoms with E-state index in [1.54, 1.807) is 25.1 Å². The van der Waals surface area contributed by atoms with Crippen LogP contribution in [-0.4, -0.2) is 28.2 Å². The molecule has 0 saturated carbocycles. The molecule has 2 aromatic rings. The molecular weight excluding hydrogens is 296 g/mol. The van der Waals surface area contributed by atoms with Gasteiger partial charge in [-0.3, -0.25) is 9.78 Å². The number of nitrogens with zero attached hydrogens (tertiary/aromatic N) is 2. The maximum atomic E-state index is 12.5. The summed E-state index contributed by atoms with van der Waals surface area (Å²) in [7, 11) is 1.65. The van der Waals surface area contributed by atoms with Crippen molar-refractivity contribution in [3.8, 4) is 5.75 Å². The van der Waals surface area contributed by atoms with Crippen molar-refractivity contribution in [3.05, 3.63) is 59.9 Å². The summed E-state index contributed by atoms with van der Waals surface area (Å²) in [6.45, 7) is 2.56. The van der Waals surface area contributed by atoms with Crippen molar-refractivity contribution in [1.82, 2.24) is 9.88 Å². The fraction of sp³-hybridized carbons (Fsp3) is 0.294. The normalized spacial score (nSPS) is 21.2. The average Bonchev–Trinajstić information content (AvgIpc) is 2.85. The molecule has 1 aliphatic heterocycles. The van der Waals surface area contributed by atoms with E-state index in [2.05, 4.69) is 4.98 Å². The molecule has 0 aliphatic carbocycles. The van der Waals surface area contributed by atoms with Crippen LogP contribution in [0.3, 0.4) is 0 Å². The average molecular weight is 314 g/mol. The molecule has 4 nitrogen and oxygen atoms in total. The van der Waals surface area contributed by atoms with E-state index in [1.165, 1.54) is 0 Å². The van der Waals surface area contributed by atoms with Gasteiger partial charge in [0, 0.05) is 24.5 Å². The van der Waals surface area contributed by atoms with Crippen molar-refractivity contribution >= 4 is 17.7 Å². The van der Waals surface area contributed by atoms with Gasteiger partial charge in [0.15, 0.2) is 0 Å². The highest BCUT2D eigenvalue weighted by atomic mass is 32.2. The maximum absolute atomic E-state index is 12.5. The van der Waals surface area contributed by atoms with Crippen molar-refractivity contribution < 1.29 is 9.53 Å². The van der Waals surface area contributed by atoms with E-state index in [9.17, 15) is 4.79 Å². The number of benzene rings is 1. The molecule has 1 fully saturated rings. The van der Waals surface area contributed by atoms with Crippen molar-refractivity contribution in [1.29, 1.82) is 0 Å². The van der Waals surface area contributed by atoms with Crippen LogP contribution in [0.5, 0.6) is 5.75 Å². The Morgan fingerprint density at radius 1 is 1.27 bits per heavy atom. The summed E-state index contributed by atoms with van der Waals surface area (Å²) in [5.74, 6) is 0.998. The monoisotopic (exact) mass is 314 g/mol. The number of pyridine rings is 1. The minimum Gasteiger partial charge on any atom is -0.497 e. The van der Waals surface area contributed by atoms with Crippen molar-refractivity contribution in [2.24, 2.45) is 0 Å². The molecule has 1 aliphatic rings. The molecule has 22 heavy (non-hydrogen) atoms. The Bertz CT molecular complexity index is 645. The van der Waals surface area contributed by atoms with Crippen LogP contribution >= 0.6 is 11.8 Å². The topological polar surface area (TPSA) is 42.4 Å². The summed E-state index contributed by atoms with van der Waals surface area (Å²) in [6, 6.07) is 11.8. The molecule has 0 unspecified atom stereocenters. The van der Waals surface area contributed by atoms with Crippen LogP contribution in [-0.2, 0) is 11.3 Å². The standard InChI is InChI=1S/C17H18N2O2S/c1-12-16(20)19(11-13-5-7-15(21-2)8-6-13)17(22-12)14-4-3-9-18-10-14/h3-10,12,17H,11H2,1-2H3/t12-,17-/m0/s1. The third kappa shape index (κ3) is 2.95. The second kappa shape index (κ2) is 6.40. The molecule has 114 valence electrons. The van der Waals surface area contributed by atoms with Crippen molar-refractivity contribution in [2.75, 3.05) is 7.11 Å². The van der Waals surface area contributed by atoms with E-state index in [4.69, 9.17) is 4.74 Å². The van der Waals surface area contributed by atoms with Gasteiger partial charge in [-0.25, -0.2) is 0 Å². The molecule has 0 bridgehead atoms. The van der Waals surface area contributed by atoms with E-state index in [-0.39, 0.29) is 16.5 Å². The van der Waals surface area contributed by atoms with Gasteiger partial charge in [0.1, 0.15) is 11.1 Å². The number of carbonyl (C=O) groups is 1. The summed E-state index contributed by atoms with van der Waals surface area (Å²) in [5, 5.41) is 0.00163. The van der Waals surface area contributed by atoms with Gasteiger partial charge in [-0.2, -0.15) is 0 Å². The van der Waals surface area contributed by atoms with Crippen LogP contribution in [0.1, 0.15) is 23.4 Å². The van der Waals surface area contributed by atoms with Crippen LogP contribution in [0.25, 0.3) is 0 Å². The first-order valence-corrected chi connectivity index (χ1v) is 8.12. The smallest absolute Gasteiger partial charge is 0.236 e. The Kier molecular flexibility index (Phi) is 4.34. The van der Waals surface area contributed by atoms with Crippen LogP contribution in [0, 0.1) is 0 Å². The summed E-state index contributed by atoms with van der Waals surface area (Å²) in [6.07, 6.45) is 3.59. The van der Waals surface area contributed by atoms with Gasteiger partial charge >= 0.3 is 0 Å². The number of aromatic nitrogens is 1. The minimum atomic E-state index is -0.0246. The van der Waals surface area contributed by atoms with Gasteiger partial charge in [-0.05, 0) is 30.7 Å². The van der Waals surface area contributed by atoms with Crippen molar-refractivity contribution in [3.63, 3.8) is 0 Å². The third-order valence-corrected chi connectivity index (χ3v) is 5.12. The highest BCUT2D eigenvalue weighted by molar-refractivity contribution is 8.01. The molecule has 2 atom stereocenters. The van der Waals surface area contributed by atoms with E-state index in [0.717, 1.165) is 16.9 Å². The van der Waals surface area contributed by atoms with Gasteiger partial charge in [0.05, 0.1) is 12.4 Å². The number of methoxy groups -OCH3 is 1. The van der Waals surface area contributed by atoms with Crippen LogP contribution in [0.4, 0.5) is 0 Å². The van der Waals surface area contributed by atoms with Gasteiger partial charge in [0.2, 0.25) is 5.91 Å². The zero-order chi connectivity index (χ0) is 15.5.